The van der Waals surface area contributed by atoms with Gasteiger partial charge in [0.2, 0.25) is 0 Å². The first-order valence-electron chi connectivity index (χ1n) is 6.05. The highest BCUT2D eigenvalue weighted by Crippen LogP contribution is 2.26. The van der Waals surface area contributed by atoms with Crippen LogP contribution in [0.3, 0.4) is 0 Å². The summed E-state index contributed by atoms with van der Waals surface area (Å²) < 4.78 is 13.3. The van der Waals surface area contributed by atoms with E-state index in [0.717, 1.165) is 10.5 Å². The Labute approximate surface area is 127 Å². The molecule has 0 aliphatic rings. The Hall–Kier alpha value is -1.47. The predicted octanol–water partition coefficient (Wildman–Crippen LogP) is 4.08. The maximum atomic E-state index is 13.3. The lowest BCUT2D eigenvalue weighted by atomic mass is 10.1. The van der Waals surface area contributed by atoms with Crippen molar-refractivity contribution in [3.05, 3.63) is 64.4 Å². The second kappa shape index (κ2) is 7.35. The number of benzene rings is 2. The molecule has 0 saturated carbocycles. The third-order valence-corrected chi connectivity index (χ3v) is 3.87. The highest BCUT2D eigenvalue weighted by molar-refractivity contribution is 7.98. The molecular weight excluding hydrogens is 293 g/mol. The molecule has 2 N–H and O–H groups in total. The van der Waals surface area contributed by atoms with Crippen LogP contribution >= 0.6 is 23.4 Å². The number of hydrogen-bond acceptors (Lipinski definition) is 2. The second-order valence-corrected chi connectivity index (χ2v) is 5.54. The molecule has 0 heterocycles. The molecule has 0 amide bonds. The molecule has 0 aliphatic heterocycles. The van der Waals surface area contributed by atoms with Gasteiger partial charge in [0.1, 0.15) is 5.82 Å². The molecule has 4 heteroatoms. The van der Waals surface area contributed by atoms with Crippen molar-refractivity contribution in [1.82, 2.24) is 0 Å². The first-order valence-corrected chi connectivity index (χ1v) is 7.41. The molecular formula is C16H13ClFNS. The highest BCUT2D eigenvalue weighted by Gasteiger charge is 2.04. The largest absolute Gasteiger partial charge is 0.320 e. The average molecular weight is 306 g/mol. The molecule has 0 saturated heterocycles. The Morgan fingerprint density at radius 3 is 2.80 bits per heavy atom. The van der Waals surface area contributed by atoms with E-state index in [0.29, 0.717) is 16.3 Å². The average Bonchev–Trinajstić information content (AvgIpc) is 2.44. The quantitative estimate of drug-likeness (QED) is 0.683. The topological polar surface area (TPSA) is 26.0 Å². The van der Waals surface area contributed by atoms with Crippen molar-refractivity contribution in [1.29, 1.82) is 0 Å². The molecule has 0 bridgehead atoms. The molecule has 0 aromatic heterocycles. The summed E-state index contributed by atoms with van der Waals surface area (Å²) >= 11 is 7.58. The van der Waals surface area contributed by atoms with Crippen LogP contribution in [0.4, 0.5) is 4.39 Å². The van der Waals surface area contributed by atoms with Gasteiger partial charge in [-0.1, -0.05) is 35.6 Å². The van der Waals surface area contributed by atoms with Gasteiger partial charge in [-0.2, -0.15) is 0 Å². The molecule has 0 fully saturated rings. The van der Waals surface area contributed by atoms with E-state index in [1.807, 2.05) is 24.3 Å². The van der Waals surface area contributed by atoms with Gasteiger partial charge in [0.05, 0.1) is 6.54 Å². The van der Waals surface area contributed by atoms with Crippen LogP contribution in [0.2, 0.25) is 5.02 Å². The maximum absolute atomic E-state index is 13.3. The van der Waals surface area contributed by atoms with Gasteiger partial charge in [-0.25, -0.2) is 4.39 Å². The van der Waals surface area contributed by atoms with Gasteiger partial charge in [0, 0.05) is 21.2 Å². The van der Waals surface area contributed by atoms with Gasteiger partial charge in [-0.15, -0.1) is 11.8 Å². The van der Waals surface area contributed by atoms with Crippen LogP contribution in [-0.4, -0.2) is 6.54 Å². The van der Waals surface area contributed by atoms with Crippen LogP contribution in [0.15, 0.2) is 47.4 Å². The van der Waals surface area contributed by atoms with Gasteiger partial charge in [-0.05, 0) is 35.9 Å². The summed E-state index contributed by atoms with van der Waals surface area (Å²) in [5.74, 6) is 6.08. The normalized spacial score (nSPS) is 9.95. The van der Waals surface area contributed by atoms with Crippen LogP contribution < -0.4 is 5.73 Å². The summed E-state index contributed by atoms with van der Waals surface area (Å²) in [4.78, 5) is 1.07. The molecule has 0 unspecified atom stereocenters. The summed E-state index contributed by atoms with van der Waals surface area (Å²) in [5.41, 5.74) is 7.03. The van der Waals surface area contributed by atoms with Gasteiger partial charge in [-0.3, -0.25) is 0 Å². The Morgan fingerprint density at radius 2 is 2.05 bits per heavy atom. The van der Waals surface area contributed by atoms with Crippen molar-refractivity contribution in [2.24, 2.45) is 5.73 Å². The lowest BCUT2D eigenvalue weighted by Crippen LogP contribution is -1.95. The lowest BCUT2D eigenvalue weighted by Gasteiger charge is -2.05. The summed E-state index contributed by atoms with van der Waals surface area (Å²) in [6.45, 7) is 0.261. The summed E-state index contributed by atoms with van der Waals surface area (Å²) in [5, 5.41) is 0.706. The van der Waals surface area contributed by atoms with E-state index in [1.54, 1.807) is 17.8 Å². The Morgan fingerprint density at radius 1 is 1.20 bits per heavy atom. The lowest BCUT2D eigenvalue weighted by molar-refractivity contribution is 0.627. The SMILES string of the molecule is NCC#Cc1cc(F)ccc1CSc1cccc(Cl)c1. The predicted molar refractivity (Wildman–Crippen MR) is 83.3 cm³/mol. The maximum Gasteiger partial charge on any atom is 0.124 e. The fourth-order valence-electron chi connectivity index (χ4n) is 1.66. The second-order valence-electron chi connectivity index (χ2n) is 4.05. The summed E-state index contributed by atoms with van der Waals surface area (Å²) in [6.07, 6.45) is 0. The van der Waals surface area contributed by atoms with E-state index in [2.05, 4.69) is 11.8 Å². The monoisotopic (exact) mass is 305 g/mol. The standard InChI is InChI=1S/C16H13ClFNS/c17-14-4-1-5-16(10-14)20-11-13-6-7-15(18)9-12(13)3-2-8-19/h1,4-7,9-10H,8,11,19H2. The molecule has 20 heavy (non-hydrogen) atoms. The fraction of sp³-hybridized carbons (Fsp3) is 0.125. The summed E-state index contributed by atoms with van der Waals surface area (Å²) in [7, 11) is 0. The molecule has 0 aliphatic carbocycles. The van der Waals surface area contributed by atoms with Crippen molar-refractivity contribution in [3.8, 4) is 11.8 Å². The van der Waals surface area contributed by atoms with Crippen molar-refractivity contribution in [2.45, 2.75) is 10.6 Å². The molecule has 0 radical (unpaired) electrons. The minimum absolute atomic E-state index is 0.261. The fourth-order valence-corrected chi connectivity index (χ4v) is 2.87. The first kappa shape index (κ1) is 14.9. The minimum Gasteiger partial charge on any atom is -0.320 e. The molecule has 2 rings (SSSR count). The van der Waals surface area contributed by atoms with Crippen molar-refractivity contribution in [3.63, 3.8) is 0 Å². The van der Waals surface area contributed by atoms with Gasteiger partial charge in [0.15, 0.2) is 0 Å². The van der Waals surface area contributed by atoms with E-state index in [9.17, 15) is 4.39 Å². The van der Waals surface area contributed by atoms with E-state index in [4.69, 9.17) is 17.3 Å². The molecule has 1 nitrogen and oxygen atoms in total. The molecule has 0 atom stereocenters. The molecule has 2 aromatic carbocycles. The van der Waals surface area contributed by atoms with Gasteiger partial charge >= 0.3 is 0 Å². The van der Waals surface area contributed by atoms with Crippen LogP contribution in [0.25, 0.3) is 0 Å². The van der Waals surface area contributed by atoms with E-state index in [-0.39, 0.29) is 12.4 Å². The number of thioether (sulfide) groups is 1. The van der Waals surface area contributed by atoms with Crippen molar-refractivity contribution >= 4 is 23.4 Å². The first-order chi connectivity index (χ1) is 9.69. The zero-order chi connectivity index (χ0) is 14.4. The molecule has 102 valence electrons. The zero-order valence-corrected chi connectivity index (χ0v) is 12.3. The van der Waals surface area contributed by atoms with Crippen LogP contribution in [0, 0.1) is 17.7 Å². The van der Waals surface area contributed by atoms with E-state index in [1.165, 1.54) is 12.1 Å². The Bertz CT molecular complexity index is 661. The zero-order valence-electron chi connectivity index (χ0n) is 10.7. The third kappa shape index (κ3) is 4.28. The smallest absolute Gasteiger partial charge is 0.124 e. The number of nitrogens with two attached hydrogens (primary N) is 1. The minimum atomic E-state index is -0.289. The van der Waals surface area contributed by atoms with Crippen LogP contribution in [0.5, 0.6) is 0 Å². The van der Waals surface area contributed by atoms with Crippen molar-refractivity contribution in [2.75, 3.05) is 6.54 Å². The summed E-state index contributed by atoms with van der Waals surface area (Å²) in [6, 6.07) is 12.3. The molecule has 0 spiro atoms. The van der Waals surface area contributed by atoms with Gasteiger partial charge < -0.3 is 5.73 Å². The number of rotatable bonds is 3. The van der Waals surface area contributed by atoms with E-state index < -0.39 is 0 Å². The Kier molecular flexibility index (Phi) is 5.49. The van der Waals surface area contributed by atoms with Gasteiger partial charge in [0.25, 0.3) is 0 Å². The number of halogens is 2. The molecule has 2 aromatic rings. The van der Waals surface area contributed by atoms with Crippen LogP contribution in [0.1, 0.15) is 11.1 Å². The third-order valence-electron chi connectivity index (χ3n) is 2.59. The highest BCUT2D eigenvalue weighted by atomic mass is 35.5. The number of hydrogen-bond donors (Lipinski definition) is 1. The van der Waals surface area contributed by atoms with Crippen LogP contribution in [-0.2, 0) is 5.75 Å². The van der Waals surface area contributed by atoms with E-state index >= 15 is 0 Å². The van der Waals surface area contributed by atoms with Crippen molar-refractivity contribution < 1.29 is 4.39 Å². The Balaban J connectivity index is 2.16.